The minimum Gasteiger partial charge on any atom is -0.398 e. The van der Waals surface area contributed by atoms with Crippen LogP contribution in [0.25, 0.3) is 16.6 Å². The summed E-state index contributed by atoms with van der Waals surface area (Å²) in [5, 5.41) is 31.0. The van der Waals surface area contributed by atoms with Crippen molar-refractivity contribution in [3.63, 3.8) is 0 Å². The molecule has 0 saturated carbocycles. The molecule has 1 unspecified atom stereocenters. The lowest BCUT2D eigenvalue weighted by molar-refractivity contribution is 0.614. The van der Waals surface area contributed by atoms with Crippen LogP contribution in [0.2, 0.25) is 5.02 Å². The number of nitrogens with one attached hydrogen (secondary N) is 5. The molecule has 3 aromatic rings. The number of hydrogen-bond acceptors (Lipinski definition) is 7. The standard InChI is InChI=1S/C25H25ClN8.C4H10/c1-3-16(13-27)15(2)31-23-12-17(10-11-30-23)34-22-7-5-4-6-18(22)25(33-34)32-21-9-8-20(29)19(14-28)24(21)26;1-3-4-2/h3-14,23,27-28,30-31H,2,29H2,1H3,(H,32,33);3-4H2,1-2H3/b16-3+,27-13?,28-14?;. The van der Waals surface area contributed by atoms with Crippen LogP contribution < -0.4 is 21.7 Å². The molecule has 0 spiro atoms. The number of nitrogens with zero attached hydrogens (tertiary/aromatic N) is 2. The molecular formula is C29H35ClN8. The quantitative estimate of drug-likeness (QED) is 0.103. The van der Waals surface area contributed by atoms with Gasteiger partial charge in [-0.05, 0) is 43.3 Å². The van der Waals surface area contributed by atoms with Gasteiger partial charge in [0.15, 0.2) is 5.82 Å². The average molecular weight is 531 g/mol. The Bertz CT molecular complexity index is 1410. The van der Waals surface area contributed by atoms with Gasteiger partial charge in [-0.25, -0.2) is 4.68 Å². The van der Waals surface area contributed by atoms with Crippen molar-refractivity contribution in [1.82, 2.24) is 20.4 Å². The van der Waals surface area contributed by atoms with Crippen molar-refractivity contribution >= 4 is 57.8 Å². The molecule has 1 atom stereocenters. The second kappa shape index (κ2) is 13.3. The minimum atomic E-state index is -0.233. The van der Waals surface area contributed by atoms with Crippen LogP contribution in [0.5, 0.6) is 0 Å². The molecule has 198 valence electrons. The van der Waals surface area contributed by atoms with Gasteiger partial charge in [-0.2, -0.15) is 0 Å². The first kappa shape index (κ1) is 28.3. The molecule has 8 nitrogen and oxygen atoms in total. The fraction of sp³-hybridized carbons (Fsp3) is 0.207. The predicted octanol–water partition coefficient (Wildman–Crippen LogP) is 6.80. The molecule has 7 N–H and O–H groups in total. The maximum Gasteiger partial charge on any atom is 0.160 e. The first-order valence-electron chi connectivity index (χ1n) is 12.5. The summed E-state index contributed by atoms with van der Waals surface area (Å²) in [6.45, 7) is 10.3. The molecule has 1 aliphatic rings. The Labute approximate surface area is 229 Å². The first-order chi connectivity index (χ1) is 18.4. The van der Waals surface area contributed by atoms with E-state index in [0.29, 0.717) is 39.0 Å². The number of benzene rings is 2. The zero-order valence-corrected chi connectivity index (χ0v) is 22.7. The molecule has 0 amide bonds. The smallest absolute Gasteiger partial charge is 0.160 e. The number of halogens is 1. The summed E-state index contributed by atoms with van der Waals surface area (Å²) in [5.41, 5.74) is 10.6. The number of hydrogen-bond donors (Lipinski definition) is 6. The minimum absolute atomic E-state index is 0.233. The highest BCUT2D eigenvalue weighted by molar-refractivity contribution is 6.36. The Hall–Kier alpha value is -4.30. The Morgan fingerprint density at radius 3 is 2.61 bits per heavy atom. The van der Waals surface area contributed by atoms with Crippen LogP contribution in [0.15, 0.2) is 78.7 Å². The van der Waals surface area contributed by atoms with Gasteiger partial charge in [-0.1, -0.05) is 63.1 Å². The van der Waals surface area contributed by atoms with Gasteiger partial charge in [0.25, 0.3) is 0 Å². The van der Waals surface area contributed by atoms with Crippen molar-refractivity contribution in [2.45, 2.75) is 39.8 Å². The second-order valence-electron chi connectivity index (χ2n) is 8.56. The molecule has 0 bridgehead atoms. The van der Waals surface area contributed by atoms with E-state index in [0.717, 1.165) is 22.8 Å². The van der Waals surface area contributed by atoms with Gasteiger partial charge < -0.3 is 32.5 Å². The predicted molar refractivity (Wildman–Crippen MR) is 163 cm³/mol. The molecule has 1 aliphatic heterocycles. The van der Waals surface area contributed by atoms with Crippen LogP contribution >= 0.6 is 11.6 Å². The maximum absolute atomic E-state index is 7.60. The van der Waals surface area contributed by atoms with E-state index in [-0.39, 0.29) is 6.17 Å². The third-order valence-electron chi connectivity index (χ3n) is 5.95. The van der Waals surface area contributed by atoms with Crippen molar-refractivity contribution < 1.29 is 0 Å². The Morgan fingerprint density at radius 1 is 1.21 bits per heavy atom. The van der Waals surface area contributed by atoms with Crippen LogP contribution in [0, 0.1) is 10.8 Å². The van der Waals surface area contributed by atoms with E-state index >= 15 is 0 Å². The highest BCUT2D eigenvalue weighted by atomic mass is 35.5. The van der Waals surface area contributed by atoms with E-state index in [1.54, 1.807) is 12.1 Å². The SMILES string of the molecule is C=C(NC1C=C(n2nc(Nc3ccc(N)c(C=N)c3Cl)c3ccccc32)C=CN1)/C(C=N)=C/C.CCCC. The molecule has 1 aromatic heterocycles. The summed E-state index contributed by atoms with van der Waals surface area (Å²) in [4.78, 5) is 0. The summed E-state index contributed by atoms with van der Waals surface area (Å²) in [5.74, 6) is 0.625. The van der Waals surface area contributed by atoms with Crippen LogP contribution in [0.3, 0.4) is 0 Å². The third-order valence-corrected chi connectivity index (χ3v) is 6.36. The Morgan fingerprint density at radius 2 is 1.95 bits per heavy atom. The molecule has 9 heteroatoms. The summed E-state index contributed by atoms with van der Waals surface area (Å²) in [6.07, 6.45) is 12.4. The topological polar surface area (TPSA) is 128 Å². The Kier molecular flexibility index (Phi) is 9.90. The van der Waals surface area contributed by atoms with Gasteiger partial charge in [0, 0.05) is 46.5 Å². The fourth-order valence-corrected chi connectivity index (χ4v) is 3.96. The molecule has 2 heterocycles. The number of para-hydroxylation sites is 1. The van der Waals surface area contributed by atoms with E-state index in [9.17, 15) is 0 Å². The van der Waals surface area contributed by atoms with Gasteiger partial charge in [0.05, 0.1) is 21.9 Å². The second-order valence-corrected chi connectivity index (χ2v) is 8.94. The van der Waals surface area contributed by atoms with Crippen LogP contribution in [-0.4, -0.2) is 28.4 Å². The number of nitrogen functional groups attached to an aromatic ring is 1. The number of rotatable bonds is 9. The Balaban J connectivity index is 0.000000934. The van der Waals surface area contributed by atoms with E-state index in [2.05, 4.69) is 36.4 Å². The highest BCUT2D eigenvalue weighted by Gasteiger charge is 2.18. The van der Waals surface area contributed by atoms with E-state index < -0.39 is 0 Å². The van der Waals surface area contributed by atoms with E-state index in [1.807, 2.05) is 60.3 Å². The molecule has 0 aliphatic carbocycles. The summed E-state index contributed by atoms with van der Waals surface area (Å²) in [6, 6.07) is 11.4. The number of dihydropyridines is 1. The monoisotopic (exact) mass is 530 g/mol. The lowest BCUT2D eigenvalue weighted by atomic mass is 10.1. The van der Waals surface area contributed by atoms with E-state index in [1.165, 1.54) is 19.1 Å². The lowest BCUT2D eigenvalue weighted by Crippen LogP contribution is -2.39. The third kappa shape index (κ3) is 6.33. The number of unbranched alkanes of at least 4 members (excludes halogenated alkanes) is 1. The van der Waals surface area contributed by atoms with Gasteiger partial charge in [0.1, 0.15) is 6.17 Å². The largest absolute Gasteiger partial charge is 0.398 e. The number of allylic oxidation sites excluding steroid dienone is 4. The molecule has 2 aromatic carbocycles. The maximum atomic E-state index is 7.60. The van der Waals surface area contributed by atoms with E-state index in [4.69, 9.17) is 33.3 Å². The number of fused-ring (bicyclic) bond motifs is 1. The molecule has 0 radical (unpaired) electrons. The lowest BCUT2D eigenvalue weighted by Gasteiger charge is -2.23. The van der Waals surface area contributed by atoms with Crippen LogP contribution in [0.1, 0.15) is 39.2 Å². The normalized spacial score (nSPS) is 14.6. The average Bonchev–Trinajstić information content (AvgIpc) is 3.30. The van der Waals surface area contributed by atoms with Crippen molar-refractivity contribution in [2.75, 3.05) is 11.1 Å². The summed E-state index contributed by atoms with van der Waals surface area (Å²) >= 11 is 6.49. The number of aromatic nitrogens is 2. The number of nitrogens with two attached hydrogens (primary N) is 1. The van der Waals surface area contributed by atoms with Gasteiger partial charge in [-0.15, -0.1) is 5.10 Å². The van der Waals surface area contributed by atoms with Crippen LogP contribution in [0.4, 0.5) is 17.2 Å². The van der Waals surface area contributed by atoms with Crippen molar-refractivity contribution in [1.29, 1.82) is 10.8 Å². The summed E-state index contributed by atoms with van der Waals surface area (Å²) < 4.78 is 1.85. The molecule has 38 heavy (non-hydrogen) atoms. The number of anilines is 3. The molecule has 0 saturated heterocycles. The van der Waals surface area contributed by atoms with Crippen LogP contribution in [-0.2, 0) is 0 Å². The van der Waals surface area contributed by atoms with Crippen molar-refractivity contribution in [3.05, 3.63) is 89.3 Å². The van der Waals surface area contributed by atoms with Crippen molar-refractivity contribution in [2.24, 2.45) is 0 Å². The van der Waals surface area contributed by atoms with Gasteiger partial charge in [0.2, 0.25) is 0 Å². The zero-order valence-electron chi connectivity index (χ0n) is 22.0. The fourth-order valence-electron chi connectivity index (χ4n) is 3.69. The molecule has 4 rings (SSSR count). The zero-order chi connectivity index (χ0) is 27.7. The highest BCUT2D eigenvalue weighted by Crippen LogP contribution is 2.34. The molecule has 0 fully saturated rings. The van der Waals surface area contributed by atoms with Gasteiger partial charge >= 0.3 is 0 Å². The van der Waals surface area contributed by atoms with Gasteiger partial charge in [-0.3, -0.25) is 0 Å². The molecular weight excluding hydrogens is 496 g/mol. The van der Waals surface area contributed by atoms with Crippen molar-refractivity contribution in [3.8, 4) is 0 Å². The summed E-state index contributed by atoms with van der Waals surface area (Å²) in [7, 11) is 0. The first-order valence-corrected chi connectivity index (χ1v) is 12.9.